The zero-order valence-corrected chi connectivity index (χ0v) is 14.4. The number of para-hydroxylation sites is 1. The third-order valence-electron chi connectivity index (χ3n) is 4.94. The Bertz CT molecular complexity index is 466. The molecule has 2 saturated heterocycles. The highest BCUT2D eigenvalue weighted by Crippen LogP contribution is 2.21. The highest BCUT2D eigenvalue weighted by Gasteiger charge is 2.17. The van der Waals surface area contributed by atoms with E-state index in [1.807, 2.05) is 0 Å². The van der Waals surface area contributed by atoms with Gasteiger partial charge in [-0.2, -0.15) is 0 Å². The number of likely N-dealkylation sites (N-methyl/N-ethyl adjacent to an activating group) is 1. The summed E-state index contributed by atoms with van der Waals surface area (Å²) in [4.78, 5) is 4.99. The van der Waals surface area contributed by atoms with Crippen LogP contribution < -0.4 is 4.74 Å². The standard InChI is InChI=1S/C19H30N2O2/c1-20-11-13-21(14-12-20)10-4-7-17-6-2-3-9-19(17)23-16-18-8-5-15-22-18/h2-3,6,9,18H,4-5,7-8,10-16H2,1H3. The summed E-state index contributed by atoms with van der Waals surface area (Å²) in [5.74, 6) is 1.04. The first kappa shape index (κ1) is 16.7. The second-order valence-electron chi connectivity index (χ2n) is 6.80. The highest BCUT2D eigenvalue weighted by atomic mass is 16.5. The third kappa shape index (κ3) is 5.20. The van der Waals surface area contributed by atoms with Crippen LogP contribution in [0.4, 0.5) is 0 Å². The van der Waals surface area contributed by atoms with Crippen LogP contribution in [0.1, 0.15) is 24.8 Å². The van der Waals surface area contributed by atoms with Gasteiger partial charge in [0.25, 0.3) is 0 Å². The molecule has 0 amide bonds. The van der Waals surface area contributed by atoms with E-state index in [0.717, 1.165) is 25.2 Å². The first-order valence-electron chi connectivity index (χ1n) is 9.04. The zero-order valence-electron chi connectivity index (χ0n) is 14.4. The van der Waals surface area contributed by atoms with Crippen molar-refractivity contribution in [3.8, 4) is 5.75 Å². The lowest BCUT2D eigenvalue weighted by molar-refractivity contribution is 0.0676. The Labute approximate surface area is 140 Å². The quantitative estimate of drug-likeness (QED) is 0.771. The fourth-order valence-electron chi connectivity index (χ4n) is 3.37. The minimum Gasteiger partial charge on any atom is -0.491 e. The molecule has 3 rings (SSSR count). The maximum atomic E-state index is 6.03. The van der Waals surface area contributed by atoms with Crippen molar-refractivity contribution in [3.63, 3.8) is 0 Å². The molecule has 1 atom stereocenters. The molecule has 0 aliphatic carbocycles. The summed E-state index contributed by atoms with van der Waals surface area (Å²) in [5.41, 5.74) is 1.33. The van der Waals surface area contributed by atoms with Crippen molar-refractivity contribution in [2.45, 2.75) is 31.8 Å². The Morgan fingerprint density at radius 2 is 2.00 bits per heavy atom. The fraction of sp³-hybridized carbons (Fsp3) is 0.684. The average Bonchev–Trinajstić information content (AvgIpc) is 3.09. The lowest BCUT2D eigenvalue weighted by Crippen LogP contribution is -2.44. The van der Waals surface area contributed by atoms with E-state index in [-0.39, 0.29) is 6.10 Å². The largest absolute Gasteiger partial charge is 0.491 e. The predicted molar refractivity (Wildman–Crippen MR) is 93.2 cm³/mol. The van der Waals surface area contributed by atoms with E-state index in [9.17, 15) is 0 Å². The first-order valence-corrected chi connectivity index (χ1v) is 9.04. The third-order valence-corrected chi connectivity index (χ3v) is 4.94. The van der Waals surface area contributed by atoms with Crippen molar-refractivity contribution in [1.82, 2.24) is 9.80 Å². The molecule has 0 N–H and O–H groups in total. The molecule has 4 nitrogen and oxygen atoms in total. The fourth-order valence-corrected chi connectivity index (χ4v) is 3.37. The maximum absolute atomic E-state index is 6.03. The molecule has 2 heterocycles. The molecule has 2 fully saturated rings. The van der Waals surface area contributed by atoms with Crippen LogP contribution >= 0.6 is 0 Å². The number of rotatable bonds is 7. The Balaban J connectivity index is 1.43. The van der Waals surface area contributed by atoms with Gasteiger partial charge in [-0.3, -0.25) is 0 Å². The second-order valence-corrected chi connectivity index (χ2v) is 6.80. The molecule has 0 aromatic heterocycles. The van der Waals surface area contributed by atoms with Gasteiger partial charge < -0.3 is 19.3 Å². The SMILES string of the molecule is CN1CCN(CCCc2ccccc2OCC2CCCO2)CC1. The van der Waals surface area contributed by atoms with Gasteiger partial charge in [-0.05, 0) is 50.9 Å². The molecule has 0 radical (unpaired) electrons. The number of nitrogens with zero attached hydrogens (tertiary/aromatic N) is 2. The van der Waals surface area contributed by atoms with Crippen LogP contribution in [0.25, 0.3) is 0 Å². The van der Waals surface area contributed by atoms with Gasteiger partial charge in [0.15, 0.2) is 0 Å². The first-order chi connectivity index (χ1) is 11.3. The summed E-state index contributed by atoms with van der Waals surface area (Å²) in [6, 6.07) is 8.48. The Hall–Kier alpha value is -1.10. The van der Waals surface area contributed by atoms with Crippen molar-refractivity contribution in [3.05, 3.63) is 29.8 Å². The summed E-state index contributed by atoms with van der Waals surface area (Å²) in [7, 11) is 2.21. The molecule has 128 valence electrons. The second kappa shape index (κ2) is 8.67. The van der Waals surface area contributed by atoms with E-state index in [2.05, 4.69) is 41.1 Å². The molecule has 1 aromatic rings. The van der Waals surface area contributed by atoms with E-state index in [1.54, 1.807) is 0 Å². The van der Waals surface area contributed by atoms with Gasteiger partial charge in [0.2, 0.25) is 0 Å². The maximum Gasteiger partial charge on any atom is 0.122 e. The molecule has 0 spiro atoms. The number of piperazine rings is 1. The van der Waals surface area contributed by atoms with Crippen LogP contribution in [0.15, 0.2) is 24.3 Å². The highest BCUT2D eigenvalue weighted by molar-refractivity contribution is 5.33. The Morgan fingerprint density at radius 1 is 1.17 bits per heavy atom. The van der Waals surface area contributed by atoms with Crippen molar-refractivity contribution in [2.24, 2.45) is 0 Å². The molecular formula is C19H30N2O2. The number of ether oxygens (including phenoxy) is 2. The van der Waals surface area contributed by atoms with Crippen molar-refractivity contribution in [2.75, 3.05) is 53.0 Å². The Morgan fingerprint density at radius 3 is 2.78 bits per heavy atom. The van der Waals surface area contributed by atoms with E-state index in [0.29, 0.717) is 6.61 Å². The summed E-state index contributed by atoms with van der Waals surface area (Å²) >= 11 is 0. The number of benzene rings is 1. The summed E-state index contributed by atoms with van der Waals surface area (Å²) in [5, 5.41) is 0. The summed E-state index contributed by atoms with van der Waals surface area (Å²) < 4.78 is 11.7. The molecule has 23 heavy (non-hydrogen) atoms. The normalized spacial score (nSPS) is 23.3. The smallest absolute Gasteiger partial charge is 0.122 e. The van der Waals surface area contributed by atoms with Gasteiger partial charge >= 0.3 is 0 Å². The van der Waals surface area contributed by atoms with Crippen molar-refractivity contribution >= 4 is 0 Å². The average molecular weight is 318 g/mol. The van der Waals surface area contributed by atoms with Crippen molar-refractivity contribution < 1.29 is 9.47 Å². The van der Waals surface area contributed by atoms with E-state index >= 15 is 0 Å². The van der Waals surface area contributed by atoms with E-state index in [1.165, 1.54) is 51.1 Å². The van der Waals surface area contributed by atoms with Crippen LogP contribution in [0.3, 0.4) is 0 Å². The molecule has 0 saturated carbocycles. The molecule has 2 aliphatic rings. The number of hydrogen-bond donors (Lipinski definition) is 0. The Kier molecular flexibility index (Phi) is 6.31. The van der Waals surface area contributed by atoms with E-state index < -0.39 is 0 Å². The van der Waals surface area contributed by atoms with Crippen LogP contribution in [0.5, 0.6) is 5.75 Å². The lowest BCUT2D eigenvalue weighted by atomic mass is 10.1. The molecule has 0 bridgehead atoms. The number of aryl methyl sites for hydroxylation is 1. The molecule has 1 aromatic carbocycles. The minimum absolute atomic E-state index is 0.286. The van der Waals surface area contributed by atoms with Crippen LogP contribution in [-0.4, -0.2) is 68.9 Å². The van der Waals surface area contributed by atoms with Gasteiger partial charge in [-0.25, -0.2) is 0 Å². The van der Waals surface area contributed by atoms with Crippen LogP contribution in [0, 0.1) is 0 Å². The summed E-state index contributed by atoms with van der Waals surface area (Å²) in [6.45, 7) is 7.56. The lowest BCUT2D eigenvalue weighted by Gasteiger charge is -2.32. The zero-order chi connectivity index (χ0) is 15.9. The minimum atomic E-state index is 0.286. The van der Waals surface area contributed by atoms with Crippen molar-refractivity contribution in [1.29, 1.82) is 0 Å². The van der Waals surface area contributed by atoms with Gasteiger partial charge in [0, 0.05) is 32.8 Å². The summed E-state index contributed by atoms with van der Waals surface area (Å²) in [6.07, 6.45) is 4.87. The van der Waals surface area contributed by atoms with Gasteiger partial charge in [0.1, 0.15) is 12.4 Å². The van der Waals surface area contributed by atoms with Crippen LogP contribution in [0.2, 0.25) is 0 Å². The molecule has 2 aliphatic heterocycles. The molecular weight excluding hydrogens is 288 g/mol. The molecule has 1 unspecified atom stereocenters. The van der Waals surface area contributed by atoms with Gasteiger partial charge in [0.05, 0.1) is 6.10 Å². The van der Waals surface area contributed by atoms with Crippen LogP contribution in [-0.2, 0) is 11.2 Å². The van der Waals surface area contributed by atoms with Gasteiger partial charge in [-0.1, -0.05) is 18.2 Å². The molecule has 4 heteroatoms. The predicted octanol–water partition coefficient (Wildman–Crippen LogP) is 2.42. The monoisotopic (exact) mass is 318 g/mol. The van der Waals surface area contributed by atoms with Gasteiger partial charge in [-0.15, -0.1) is 0 Å². The number of hydrogen-bond acceptors (Lipinski definition) is 4. The topological polar surface area (TPSA) is 24.9 Å². The van der Waals surface area contributed by atoms with E-state index in [4.69, 9.17) is 9.47 Å².